The Morgan fingerprint density at radius 3 is 2.69 bits per heavy atom. The standard InChI is InChI=1S/C12H18FNOS/c1-9(8-16-3)14(2)12-5-10(7-15)4-11(13)6-12/h4-6,9,15H,7-8H2,1-3H3. The van der Waals surface area contributed by atoms with Crippen molar-refractivity contribution in [2.45, 2.75) is 19.6 Å². The Morgan fingerprint density at radius 2 is 2.12 bits per heavy atom. The van der Waals surface area contributed by atoms with E-state index in [1.54, 1.807) is 11.8 Å². The van der Waals surface area contributed by atoms with Crippen molar-refractivity contribution in [1.29, 1.82) is 0 Å². The highest BCUT2D eigenvalue weighted by atomic mass is 32.2. The number of nitrogens with zero attached hydrogens (tertiary/aromatic N) is 1. The number of rotatable bonds is 5. The third-order valence-electron chi connectivity index (χ3n) is 2.60. The van der Waals surface area contributed by atoms with Crippen molar-refractivity contribution in [2.24, 2.45) is 0 Å². The molecular weight excluding hydrogens is 225 g/mol. The number of hydrogen-bond acceptors (Lipinski definition) is 3. The van der Waals surface area contributed by atoms with Crippen LogP contribution in [0.3, 0.4) is 0 Å². The summed E-state index contributed by atoms with van der Waals surface area (Å²) in [6.07, 6.45) is 2.05. The van der Waals surface area contributed by atoms with Crippen LogP contribution in [-0.4, -0.2) is 30.2 Å². The van der Waals surface area contributed by atoms with Crippen molar-refractivity contribution >= 4 is 17.4 Å². The van der Waals surface area contributed by atoms with Crippen LogP contribution in [0.25, 0.3) is 0 Å². The van der Waals surface area contributed by atoms with Crippen LogP contribution < -0.4 is 4.90 Å². The zero-order chi connectivity index (χ0) is 12.1. The predicted octanol–water partition coefficient (Wildman–Crippen LogP) is 2.51. The molecule has 2 nitrogen and oxygen atoms in total. The number of thioether (sulfide) groups is 1. The first-order chi connectivity index (χ1) is 7.58. The number of hydrogen-bond donors (Lipinski definition) is 1. The van der Waals surface area contributed by atoms with Gasteiger partial charge < -0.3 is 10.0 Å². The van der Waals surface area contributed by atoms with Gasteiger partial charge in [-0.2, -0.15) is 11.8 Å². The topological polar surface area (TPSA) is 23.5 Å². The molecule has 0 aliphatic heterocycles. The Kier molecular flexibility index (Phi) is 5.09. The van der Waals surface area contributed by atoms with Gasteiger partial charge in [0.25, 0.3) is 0 Å². The molecule has 0 aliphatic carbocycles. The number of benzene rings is 1. The molecule has 0 bridgehead atoms. The number of aliphatic hydroxyl groups excluding tert-OH is 1. The van der Waals surface area contributed by atoms with Crippen LogP contribution in [-0.2, 0) is 6.61 Å². The van der Waals surface area contributed by atoms with E-state index in [1.165, 1.54) is 12.1 Å². The van der Waals surface area contributed by atoms with E-state index < -0.39 is 0 Å². The van der Waals surface area contributed by atoms with Crippen molar-refractivity contribution < 1.29 is 9.50 Å². The van der Waals surface area contributed by atoms with E-state index in [1.807, 2.05) is 18.0 Å². The molecule has 16 heavy (non-hydrogen) atoms. The van der Waals surface area contributed by atoms with Crippen LogP contribution in [0.2, 0.25) is 0 Å². The summed E-state index contributed by atoms with van der Waals surface area (Å²) in [5.74, 6) is 0.686. The molecule has 0 amide bonds. The van der Waals surface area contributed by atoms with Crippen LogP contribution in [0, 0.1) is 5.82 Å². The summed E-state index contributed by atoms with van der Waals surface area (Å²) in [6.45, 7) is 1.97. The first-order valence-electron chi connectivity index (χ1n) is 5.20. The molecule has 1 rings (SSSR count). The van der Waals surface area contributed by atoms with E-state index in [2.05, 4.69) is 13.2 Å². The minimum absolute atomic E-state index is 0.129. The zero-order valence-electron chi connectivity index (χ0n) is 9.90. The number of aliphatic hydroxyl groups is 1. The zero-order valence-corrected chi connectivity index (χ0v) is 10.7. The normalized spacial score (nSPS) is 12.6. The summed E-state index contributed by atoms with van der Waals surface area (Å²) in [4.78, 5) is 2.03. The number of anilines is 1. The van der Waals surface area contributed by atoms with Crippen molar-refractivity contribution in [1.82, 2.24) is 0 Å². The molecule has 0 heterocycles. The van der Waals surface area contributed by atoms with Crippen LogP contribution in [0.1, 0.15) is 12.5 Å². The Labute approximate surface area is 100 Å². The second-order valence-corrected chi connectivity index (χ2v) is 4.80. The lowest BCUT2D eigenvalue weighted by molar-refractivity contribution is 0.281. The minimum atomic E-state index is -0.301. The van der Waals surface area contributed by atoms with Crippen molar-refractivity contribution in [3.05, 3.63) is 29.6 Å². The number of halogens is 1. The quantitative estimate of drug-likeness (QED) is 0.859. The van der Waals surface area contributed by atoms with Crippen molar-refractivity contribution in [2.75, 3.05) is 24.0 Å². The lowest BCUT2D eigenvalue weighted by Gasteiger charge is -2.27. The first kappa shape index (κ1) is 13.3. The molecule has 0 aliphatic rings. The largest absolute Gasteiger partial charge is 0.392 e. The van der Waals surface area contributed by atoms with Gasteiger partial charge in [-0.1, -0.05) is 0 Å². The smallest absolute Gasteiger partial charge is 0.125 e. The molecule has 0 saturated carbocycles. The maximum absolute atomic E-state index is 13.3. The average Bonchev–Trinajstić information content (AvgIpc) is 2.27. The fourth-order valence-electron chi connectivity index (χ4n) is 1.54. The van der Waals surface area contributed by atoms with E-state index in [-0.39, 0.29) is 12.4 Å². The Morgan fingerprint density at radius 1 is 1.44 bits per heavy atom. The molecule has 1 N–H and O–H groups in total. The highest BCUT2D eigenvalue weighted by Crippen LogP contribution is 2.20. The van der Waals surface area contributed by atoms with E-state index in [4.69, 9.17) is 5.11 Å². The molecule has 4 heteroatoms. The van der Waals surface area contributed by atoms with Gasteiger partial charge in [0.2, 0.25) is 0 Å². The summed E-state index contributed by atoms with van der Waals surface area (Å²) in [7, 11) is 1.94. The minimum Gasteiger partial charge on any atom is -0.392 e. The fourth-order valence-corrected chi connectivity index (χ4v) is 2.24. The van der Waals surface area contributed by atoms with Crippen molar-refractivity contribution in [3.63, 3.8) is 0 Å². The van der Waals surface area contributed by atoms with Crippen molar-refractivity contribution in [3.8, 4) is 0 Å². The molecular formula is C12H18FNOS. The highest BCUT2D eigenvalue weighted by Gasteiger charge is 2.11. The summed E-state index contributed by atoms with van der Waals surface area (Å²) < 4.78 is 13.3. The molecule has 0 radical (unpaired) electrons. The Hall–Kier alpha value is -0.740. The molecule has 1 atom stereocenters. The van der Waals surface area contributed by atoms with Gasteiger partial charge in [0.1, 0.15) is 5.82 Å². The van der Waals surface area contributed by atoms with E-state index in [0.29, 0.717) is 11.6 Å². The van der Waals surface area contributed by atoms with Gasteiger partial charge in [-0.25, -0.2) is 4.39 Å². The van der Waals surface area contributed by atoms with E-state index >= 15 is 0 Å². The third-order valence-corrected chi connectivity index (χ3v) is 3.42. The van der Waals surface area contributed by atoms with Gasteiger partial charge in [-0.05, 0) is 36.9 Å². The van der Waals surface area contributed by atoms with Gasteiger partial charge in [0.05, 0.1) is 6.61 Å². The predicted molar refractivity (Wildman–Crippen MR) is 68.6 cm³/mol. The van der Waals surface area contributed by atoms with Gasteiger partial charge in [0, 0.05) is 24.5 Å². The molecule has 0 spiro atoms. The molecule has 0 saturated heterocycles. The summed E-state index contributed by atoms with van der Waals surface area (Å²) in [5.41, 5.74) is 1.42. The van der Waals surface area contributed by atoms with Gasteiger partial charge >= 0.3 is 0 Å². The van der Waals surface area contributed by atoms with E-state index in [0.717, 1.165) is 11.4 Å². The van der Waals surface area contributed by atoms with Crippen LogP contribution in [0.4, 0.5) is 10.1 Å². The van der Waals surface area contributed by atoms with Crippen LogP contribution >= 0.6 is 11.8 Å². The van der Waals surface area contributed by atoms with E-state index in [9.17, 15) is 4.39 Å². The van der Waals surface area contributed by atoms with Crippen LogP contribution in [0.5, 0.6) is 0 Å². The monoisotopic (exact) mass is 243 g/mol. The second-order valence-electron chi connectivity index (χ2n) is 3.89. The third kappa shape index (κ3) is 3.39. The average molecular weight is 243 g/mol. The lowest BCUT2D eigenvalue weighted by Crippen LogP contribution is -2.30. The van der Waals surface area contributed by atoms with Gasteiger partial charge in [0.15, 0.2) is 0 Å². The molecule has 90 valence electrons. The molecule has 1 aromatic carbocycles. The molecule has 1 unspecified atom stereocenters. The fraction of sp³-hybridized carbons (Fsp3) is 0.500. The molecule has 1 aromatic rings. The first-order valence-corrected chi connectivity index (χ1v) is 6.60. The van der Waals surface area contributed by atoms with Gasteiger partial charge in [-0.3, -0.25) is 0 Å². The van der Waals surface area contributed by atoms with Crippen LogP contribution in [0.15, 0.2) is 18.2 Å². The Bertz CT molecular complexity index is 346. The molecule has 0 fully saturated rings. The summed E-state index contributed by atoms with van der Waals surface area (Å²) in [5, 5.41) is 9.02. The maximum Gasteiger partial charge on any atom is 0.125 e. The maximum atomic E-state index is 13.3. The summed E-state index contributed by atoms with van der Waals surface area (Å²) >= 11 is 1.76. The lowest BCUT2D eigenvalue weighted by atomic mass is 10.1. The SMILES string of the molecule is CSCC(C)N(C)c1cc(F)cc(CO)c1. The highest BCUT2D eigenvalue weighted by molar-refractivity contribution is 7.98. The Balaban J connectivity index is 2.89. The summed E-state index contributed by atoms with van der Waals surface area (Å²) in [6, 6.07) is 5.01. The molecule has 0 aromatic heterocycles. The van der Waals surface area contributed by atoms with Gasteiger partial charge in [-0.15, -0.1) is 0 Å². The second kappa shape index (κ2) is 6.11.